The van der Waals surface area contributed by atoms with Crippen LogP contribution in [0.4, 0.5) is 0 Å². The first kappa shape index (κ1) is 20.0. The minimum Gasteiger partial charge on any atom is -0.336 e. The highest BCUT2D eigenvalue weighted by Crippen LogP contribution is 2.32. The normalized spacial score (nSPS) is 13.8. The van der Waals surface area contributed by atoms with Gasteiger partial charge in [-0.05, 0) is 30.5 Å². The number of benzene rings is 1. The highest BCUT2D eigenvalue weighted by atomic mass is 35.5. The molecule has 0 unspecified atom stereocenters. The van der Waals surface area contributed by atoms with Crippen LogP contribution in [0.1, 0.15) is 28.9 Å². The third kappa shape index (κ3) is 5.07. The van der Waals surface area contributed by atoms with Gasteiger partial charge in [-0.1, -0.05) is 29.8 Å². The van der Waals surface area contributed by atoms with Gasteiger partial charge >= 0.3 is 0 Å². The molecule has 1 aliphatic heterocycles. The summed E-state index contributed by atoms with van der Waals surface area (Å²) in [7, 11) is -3.67. The van der Waals surface area contributed by atoms with Crippen LogP contribution in [-0.2, 0) is 16.7 Å². The summed E-state index contributed by atoms with van der Waals surface area (Å²) in [5, 5.41) is 7.36. The largest absolute Gasteiger partial charge is 0.336 e. The van der Waals surface area contributed by atoms with Crippen molar-refractivity contribution in [1.82, 2.24) is 9.88 Å². The summed E-state index contributed by atoms with van der Waals surface area (Å²) in [6, 6.07) is 5.66. The van der Waals surface area contributed by atoms with Crippen LogP contribution in [0.25, 0.3) is 17.0 Å². The van der Waals surface area contributed by atoms with Gasteiger partial charge in [0.2, 0.25) is 0 Å². The Morgan fingerprint density at radius 2 is 2.15 bits per heavy atom. The molecule has 0 bridgehead atoms. The third-order valence-corrected chi connectivity index (χ3v) is 3.92. The molecular weight excluding hydrogens is 380 g/mol. The maximum absolute atomic E-state index is 12.3. The van der Waals surface area contributed by atoms with Gasteiger partial charge in [0.1, 0.15) is 12.0 Å². The fourth-order valence-electron chi connectivity index (χ4n) is 2.68. The second-order valence-corrected chi connectivity index (χ2v) is 7.48. The predicted octanol–water partition coefficient (Wildman–Crippen LogP) is 2.24. The maximum atomic E-state index is 12.3. The number of amides is 1. The zero-order valence-electron chi connectivity index (χ0n) is 14.0. The molecule has 1 aromatic carbocycles. The van der Waals surface area contributed by atoms with Crippen LogP contribution in [0.5, 0.6) is 0 Å². The van der Waals surface area contributed by atoms with Crippen LogP contribution >= 0.6 is 11.6 Å². The summed E-state index contributed by atoms with van der Waals surface area (Å²) in [5.74, 6) is 4.78. The van der Waals surface area contributed by atoms with Crippen LogP contribution in [0.3, 0.4) is 0 Å². The van der Waals surface area contributed by atoms with Gasteiger partial charge in [0.15, 0.2) is 0 Å². The monoisotopic (exact) mass is 398 g/mol. The molecule has 0 saturated heterocycles. The van der Waals surface area contributed by atoms with E-state index in [1.807, 2.05) is 22.8 Å². The van der Waals surface area contributed by atoms with Gasteiger partial charge in [-0.2, -0.15) is 13.5 Å². The standard InChI is InChI=1S/C15H15ClN4O.CH4O3S/c16-12-6-5-10-4-2-1-3-7-20-13(8-11(12)14(10)20)15(21)18-9-19-17;1-5(2,3)4/h2,4-6,8-9H,1,3,7,17H2,(H,18,19,21);1H3,(H,2,3,4). The lowest BCUT2D eigenvalue weighted by Gasteiger charge is -2.13. The molecule has 0 fully saturated rings. The summed E-state index contributed by atoms with van der Waals surface area (Å²) >= 11 is 6.28. The van der Waals surface area contributed by atoms with Gasteiger partial charge in [0.05, 0.1) is 16.8 Å². The Bertz CT molecular complexity index is 972. The van der Waals surface area contributed by atoms with E-state index < -0.39 is 10.1 Å². The van der Waals surface area contributed by atoms with Crippen molar-refractivity contribution in [3.8, 4) is 0 Å². The zero-order chi connectivity index (χ0) is 19.3. The highest BCUT2D eigenvalue weighted by molar-refractivity contribution is 7.85. The van der Waals surface area contributed by atoms with Crippen LogP contribution in [0, 0.1) is 0 Å². The summed E-state index contributed by atoms with van der Waals surface area (Å²) in [4.78, 5) is 12.3. The number of aryl methyl sites for hydroxylation is 1. The zero-order valence-corrected chi connectivity index (χ0v) is 15.6. The van der Waals surface area contributed by atoms with Crippen LogP contribution in [0.15, 0.2) is 29.4 Å². The van der Waals surface area contributed by atoms with E-state index in [1.165, 1.54) is 6.34 Å². The molecule has 0 radical (unpaired) electrons. The minimum atomic E-state index is -3.67. The van der Waals surface area contributed by atoms with E-state index in [0.717, 1.165) is 35.9 Å². The van der Waals surface area contributed by atoms with Gasteiger partial charge in [-0.3, -0.25) is 9.35 Å². The molecule has 0 atom stereocenters. The molecule has 26 heavy (non-hydrogen) atoms. The van der Waals surface area contributed by atoms with Crippen molar-refractivity contribution in [2.75, 3.05) is 6.26 Å². The second kappa shape index (κ2) is 8.35. The highest BCUT2D eigenvalue weighted by Gasteiger charge is 2.19. The summed E-state index contributed by atoms with van der Waals surface area (Å²) in [5.41, 5.74) is 2.63. The fraction of sp³-hybridized carbons (Fsp3) is 0.250. The van der Waals surface area contributed by atoms with Gasteiger partial charge in [0.25, 0.3) is 16.0 Å². The Labute approximate surface area is 156 Å². The Hall–Kier alpha value is -2.36. The fourth-order valence-corrected chi connectivity index (χ4v) is 2.88. The molecule has 10 heteroatoms. The van der Waals surface area contributed by atoms with Crippen LogP contribution in [-0.4, -0.2) is 36.0 Å². The smallest absolute Gasteiger partial charge is 0.273 e. The van der Waals surface area contributed by atoms with E-state index >= 15 is 0 Å². The van der Waals surface area contributed by atoms with E-state index in [9.17, 15) is 13.2 Å². The van der Waals surface area contributed by atoms with Gasteiger partial charge in [-0.15, -0.1) is 0 Å². The predicted molar refractivity (Wildman–Crippen MR) is 103 cm³/mol. The van der Waals surface area contributed by atoms with Crippen molar-refractivity contribution in [2.45, 2.75) is 19.4 Å². The number of rotatable bonds is 2. The summed E-state index contributed by atoms with van der Waals surface area (Å²) in [6.45, 7) is 0.768. The number of aromatic nitrogens is 1. The Balaban J connectivity index is 0.000000431. The lowest BCUT2D eigenvalue weighted by atomic mass is 10.1. The number of halogens is 1. The number of hydrogen-bond donors (Lipinski definition) is 3. The summed E-state index contributed by atoms with van der Waals surface area (Å²) in [6.07, 6.45) is 8.08. The van der Waals surface area contributed by atoms with Gasteiger partial charge in [0, 0.05) is 11.9 Å². The first-order valence-corrected chi connectivity index (χ1v) is 9.88. The number of carbonyl (C=O) groups excluding carboxylic acids is 1. The van der Waals surface area contributed by atoms with Crippen LogP contribution < -0.4 is 11.2 Å². The molecule has 3 rings (SSSR count). The lowest BCUT2D eigenvalue weighted by molar-refractivity contribution is 0.0969. The Morgan fingerprint density at radius 3 is 2.81 bits per heavy atom. The molecule has 0 aliphatic carbocycles. The van der Waals surface area contributed by atoms with Crippen molar-refractivity contribution in [3.05, 3.63) is 40.6 Å². The molecule has 1 aliphatic rings. The SMILES string of the molecule is CS(=O)(=O)O.NN=CNC(=O)c1cc2c(Cl)ccc3c2n1CCCC=C3. The molecule has 0 saturated carbocycles. The minimum absolute atomic E-state index is 0.244. The van der Waals surface area contributed by atoms with Gasteiger partial charge in [-0.25, -0.2) is 0 Å². The average Bonchev–Trinajstić information content (AvgIpc) is 2.90. The molecule has 1 aromatic heterocycles. The molecular formula is C16H19ClN4O4S. The van der Waals surface area contributed by atoms with E-state index in [1.54, 1.807) is 0 Å². The van der Waals surface area contributed by atoms with Crippen LogP contribution in [0.2, 0.25) is 5.02 Å². The first-order chi connectivity index (χ1) is 12.2. The quantitative estimate of drug-likeness (QED) is 0.235. The number of allylic oxidation sites excluding steroid dienone is 1. The van der Waals surface area contributed by atoms with Crippen molar-refractivity contribution < 1.29 is 17.8 Å². The Morgan fingerprint density at radius 1 is 1.46 bits per heavy atom. The van der Waals surface area contributed by atoms with E-state index in [4.69, 9.17) is 22.0 Å². The molecule has 2 heterocycles. The van der Waals surface area contributed by atoms with E-state index in [0.29, 0.717) is 17.0 Å². The van der Waals surface area contributed by atoms with Crippen molar-refractivity contribution in [1.29, 1.82) is 0 Å². The lowest BCUT2D eigenvalue weighted by Crippen LogP contribution is -2.25. The number of nitrogens with zero attached hydrogens (tertiary/aromatic N) is 2. The maximum Gasteiger partial charge on any atom is 0.273 e. The average molecular weight is 399 g/mol. The van der Waals surface area contributed by atoms with E-state index in [2.05, 4.69) is 22.6 Å². The van der Waals surface area contributed by atoms with E-state index in [-0.39, 0.29) is 5.91 Å². The number of nitrogens with two attached hydrogens (primary N) is 1. The molecule has 1 amide bonds. The number of carbonyl (C=O) groups is 1. The molecule has 8 nitrogen and oxygen atoms in total. The number of hydrazone groups is 1. The molecule has 0 spiro atoms. The van der Waals surface area contributed by atoms with Gasteiger partial charge < -0.3 is 15.7 Å². The molecule has 4 N–H and O–H groups in total. The number of hydrogen-bond acceptors (Lipinski definition) is 5. The number of nitrogens with one attached hydrogen (secondary N) is 1. The first-order valence-electron chi connectivity index (χ1n) is 7.65. The molecule has 2 aromatic rings. The van der Waals surface area contributed by atoms with Crippen molar-refractivity contribution >= 4 is 50.9 Å². The third-order valence-electron chi connectivity index (χ3n) is 3.59. The summed E-state index contributed by atoms with van der Waals surface area (Å²) < 4.78 is 27.9. The topological polar surface area (TPSA) is 127 Å². The Kier molecular flexibility index (Phi) is 6.41. The second-order valence-electron chi connectivity index (χ2n) is 5.61. The van der Waals surface area contributed by atoms with Crippen molar-refractivity contribution in [3.63, 3.8) is 0 Å². The van der Waals surface area contributed by atoms with Crippen molar-refractivity contribution in [2.24, 2.45) is 10.9 Å². The molecule has 140 valence electrons.